The Morgan fingerprint density at radius 3 is 1.54 bits per heavy atom. The van der Waals surface area contributed by atoms with Crippen LogP contribution in [0.15, 0.2) is 91.0 Å². The van der Waals surface area contributed by atoms with Crippen LogP contribution in [0.5, 0.6) is 5.75 Å². The van der Waals surface area contributed by atoms with E-state index in [-0.39, 0.29) is 50.8 Å². The van der Waals surface area contributed by atoms with Crippen LogP contribution in [0.4, 0.5) is 4.39 Å². The van der Waals surface area contributed by atoms with E-state index < -0.39 is 5.41 Å². The molecule has 7 nitrogen and oxygen atoms in total. The van der Waals surface area contributed by atoms with Crippen molar-refractivity contribution in [3.05, 3.63) is 125 Å². The molecule has 0 amide bonds. The monoisotopic (exact) mass is 887 g/mol. The second-order valence-corrected chi connectivity index (χ2v) is 17.5. The highest BCUT2D eigenvalue weighted by molar-refractivity contribution is 5.79. The molecule has 0 aliphatic carbocycles. The number of halogens is 1. The summed E-state index contributed by atoms with van der Waals surface area (Å²) in [5, 5.41) is 19.9. The van der Waals surface area contributed by atoms with Gasteiger partial charge in [-0.2, -0.15) is 0 Å². The van der Waals surface area contributed by atoms with Gasteiger partial charge < -0.3 is 24.4 Å². The van der Waals surface area contributed by atoms with E-state index in [1.807, 2.05) is 25.1 Å². The maximum atomic E-state index is 16.0. The number of hydrogen-bond acceptors (Lipinski definition) is 7. The number of aryl methyl sites for hydroxylation is 5. The molecule has 0 bridgehead atoms. The zero-order valence-electron chi connectivity index (χ0n) is 39.7. The summed E-state index contributed by atoms with van der Waals surface area (Å²) in [6.45, 7) is 12.4. The van der Waals surface area contributed by atoms with Crippen LogP contribution in [0.1, 0.15) is 121 Å². The van der Waals surface area contributed by atoms with Crippen molar-refractivity contribution in [1.29, 1.82) is 0 Å². The van der Waals surface area contributed by atoms with Gasteiger partial charge in [0.15, 0.2) is 0 Å². The standard InChI is InChI=1S/C57H71FO7/c1-7-12-13-16-40-19-21-43(22-20-40)46-25-28-52(53(58)37-46)51-27-24-45(34-42(51)9-3)44-23-26-50(41(8-2)33-44)49-35-47(17-14-30-63-54(61)10-4)56(65-32-29-57(6,38-59)39-60)48(36-49)18-15-31-64-55(62)11-5/h19-28,33-37,59-60H,7-18,29-32,38-39H2,1-6H3. The topological polar surface area (TPSA) is 102 Å². The normalized spacial score (nSPS) is 11.5. The first-order chi connectivity index (χ1) is 31.5. The lowest BCUT2D eigenvalue weighted by molar-refractivity contribution is -0.144. The first kappa shape index (κ1) is 50.7. The molecule has 348 valence electrons. The molecule has 5 aromatic rings. The maximum absolute atomic E-state index is 16.0. The van der Waals surface area contributed by atoms with E-state index in [4.69, 9.17) is 14.2 Å². The quantitative estimate of drug-likeness (QED) is 0.0421. The third kappa shape index (κ3) is 14.1. The third-order valence-corrected chi connectivity index (χ3v) is 12.5. The van der Waals surface area contributed by atoms with Crippen molar-refractivity contribution in [2.75, 3.05) is 33.0 Å². The van der Waals surface area contributed by atoms with Gasteiger partial charge in [-0.3, -0.25) is 9.59 Å². The van der Waals surface area contributed by atoms with E-state index in [2.05, 4.69) is 87.5 Å². The number of carbonyl (C=O) groups excluding carboxylic acids is 2. The van der Waals surface area contributed by atoms with E-state index in [1.165, 1.54) is 30.4 Å². The summed E-state index contributed by atoms with van der Waals surface area (Å²) < 4.78 is 33.4. The van der Waals surface area contributed by atoms with Crippen molar-refractivity contribution >= 4 is 11.9 Å². The minimum atomic E-state index is -0.693. The van der Waals surface area contributed by atoms with Crippen molar-refractivity contribution in [3.8, 4) is 50.3 Å². The van der Waals surface area contributed by atoms with E-state index >= 15 is 4.39 Å². The predicted octanol–water partition coefficient (Wildman–Crippen LogP) is 12.9. The lowest BCUT2D eigenvalue weighted by atomic mass is 9.88. The first-order valence-electron chi connectivity index (χ1n) is 24.0. The van der Waals surface area contributed by atoms with Gasteiger partial charge in [-0.25, -0.2) is 4.39 Å². The van der Waals surface area contributed by atoms with Crippen LogP contribution in [0.2, 0.25) is 0 Å². The Balaban J connectivity index is 1.47. The van der Waals surface area contributed by atoms with Gasteiger partial charge in [-0.05, 0) is 143 Å². The summed E-state index contributed by atoms with van der Waals surface area (Å²) in [4.78, 5) is 24.0. The highest BCUT2D eigenvalue weighted by atomic mass is 19.1. The van der Waals surface area contributed by atoms with E-state index in [9.17, 15) is 19.8 Å². The molecule has 0 saturated heterocycles. The molecule has 2 N–H and O–H groups in total. The molecule has 0 radical (unpaired) electrons. The number of aliphatic hydroxyl groups is 2. The molecule has 0 saturated carbocycles. The van der Waals surface area contributed by atoms with E-state index in [0.29, 0.717) is 50.5 Å². The van der Waals surface area contributed by atoms with Gasteiger partial charge in [0.2, 0.25) is 0 Å². The highest BCUT2D eigenvalue weighted by Gasteiger charge is 2.24. The number of benzene rings is 5. The molecule has 0 unspecified atom stereocenters. The lowest BCUT2D eigenvalue weighted by Gasteiger charge is -2.26. The van der Waals surface area contributed by atoms with Crippen molar-refractivity contribution < 1.29 is 38.4 Å². The van der Waals surface area contributed by atoms with Crippen LogP contribution in [0.3, 0.4) is 0 Å². The van der Waals surface area contributed by atoms with Gasteiger partial charge in [-0.1, -0.05) is 127 Å². The Kier molecular flexibility index (Phi) is 19.8. The fourth-order valence-electron chi connectivity index (χ4n) is 8.21. The fraction of sp³-hybridized carbons (Fsp3) is 0.439. The summed E-state index contributed by atoms with van der Waals surface area (Å²) in [6.07, 6.45) is 9.65. The molecule has 0 heterocycles. The van der Waals surface area contributed by atoms with Crippen LogP contribution in [0, 0.1) is 11.2 Å². The van der Waals surface area contributed by atoms with Gasteiger partial charge in [0.25, 0.3) is 0 Å². The van der Waals surface area contributed by atoms with Crippen molar-refractivity contribution in [3.63, 3.8) is 0 Å². The zero-order chi connectivity index (χ0) is 46.8. The van der Waals surface area contributed by atoms with Crippen LogP contribution >= 0.6 is 0 Å². The second-order valence-electron chi connectivity index (χ2n) is 17.5. The molecule has 0 atom stereocenters. The Hall–Kier alpha value is -5.31. The number of unbranched alkanes of at least 4 members (excludes halogenated alkanes) is 2. The van der Waals surface area contributed by atoms with E-state index in [0.717, 1.165) is 80.6 Å². The van der Waals surface area contributed by atoms with Crippen LogP contribution < -0.4 is 4.74 Å². The van der Waals surface area contributed by atoms with Crippen molar-refractivity contribution in [2.24, 2.45) is 5.41 Å². The van der Waals surface area contributed by atoms with Gasteiger partial charge in [0.05, 0.1) is 33.0 Å². The number of rotatable bonds is 26. The zero-order valence-corrected chi connectivity index (χ0v) is 39.7. The lowest BCUT2D eigenvalue weighted by Crippen LogP contribution is -2.28. The molecule has 0 spiro atoms. The fourth-order valence-corrected chi connectivity index (χ4v) is 8.21. The largest absolute Gasteiger partial charge is 0.493 e. The van der Waals surface area contributed by atoms with Crippen LogP contribution in [0.25, 0.3) is 44.5 Å². The van der Waals surface area contributed by atoms with Crippen LogP contribution in [-0.4, -0.2) is 55.2 Å². The van der Waals surface area contributed by atoms with Gasteiger partial charge in [-0.15, -0.1) is 0 Å². The predicted molar refractivity (Wildman–Crippen MR) is 262 cm³/mol. The molecule has 0 fully saturated rings. The number of ether oxygens (including phenoxy) is 3. The van der Waals surface area contributed by atoms with Crippen molar-refractivity contribution in [2.45, 2.75) is 125 Å². The molecular weight excluding hydrogens is 816 g/mol. The second kappa shape index (κ2) is 25.4. The van der Waals surface area contributed by atoms with Gasteiger partial charge >= 0.3 is 11.9 Å². The Labute approximate surface area is 387 Å². The minimum absolute atomic E-state index is 0.168. The average Bonchev–Trinajstić information content (AvgIpc) is 3.34. The molecule has 0 aromatic heterocycles. The Bertz CT molecular complexity index is 2260. The summed E-state index contributed by atoms with van der Waals surface area (Å²) in [6, 6.07) is 31.3. The SMILES string of the molecule is CCCCCc1ccc(-c2ccc(-c3ccc(-c4ccc(-c5cc(CCCOC(=O)CC)c(OCCC(C)(CO)CO)c(CCCOC(=O)CC)c5)c(CC)c4)cc3CC)c(F)c2)cc1. The minimum Gasteiger partial charge on any atom is -0.493 e. The van der Waals surface area contributed by atoms with Crippen LogP contribution in [-0.2, 0) is 51.2 Å². The Morgan fingerprint density at radius 2 is 1.03 bits per heavy atom. The molecule has 65 heavy (non-hydrogen) atoms. The number of carbonyl (C=O) groups is 2. The van der Waals surface area contributed by atoms with Gasteiger partial charge in [0, 0.05) is 23.8 Å². The molecule has 5 rings (SSSR count). The summed E-state index contributed by atoms with van der Waals surface area (Å²) in [5.74, 6) is 0.0149. The Morgan fingerprint density at radius 1 is 0.538 bits per heavy atom. The number of aliphatic hydroxyl groups excluding tert-OH is 2. The maximum Gasteiger partial charge on any atom is 0.305 e. The molecular formula is C57H71FO7. The summed E-state index contributed by atoms with van der Waals surface area (Å²) in [7, 11) is 0. The molecule has 0 aliphatic rings. The van der Waals surface area contributed by atoms with Crippen molar-refractivity contribution in [1.82, 2.24) is 0 Å². The first-order valence-corrected chi connectivity index (χ1v) is 24.0. The number of hydrogen-bond donors (Lipinski definition) is 2. The molecule has 5 aromatic carbocycles. The van der Waals surface area contributed by atoms with Gasteiger partial charge in [0.1, 0.15) is 11.6 Å². The van der Waals surface area contributed by atoms with E-state index in [1.54, 1.807) is 19.9 Å². The highest BCUT2D eigenvalue weighted by Crippen LogP contribution is 2.38. The average molecular weight is 887 g/mol. The molecule has 8 heteroatoms. The smallest absolute Gasteiger partial charge is 0.305 e. The number of esters is 2. The summed E-state index contributed by atoms with van der Waals surface area (Å²) >= 11 is 0. The summed E-state index contributed by atoms with van der Waals surface area (Å²) in [5.41, 5.74) is 12.4. The molecule has 0 aliphatic heterocycles. The third-order valence-electron chi connectivity index (χ3n) is 12.5.